The Kier molecular flexibility index (Phi) is 4.60. The number of benzene rings is 2. The summed E-state index contributed by atoms with van der Waals surface area (Å²) in [5.74, 6) is 1.23. The average molecular weight is 341 g/mol. The van der Waals surface area contributed by atoms with E-state index in [1.165, 1.54) is 25.3 Å². The van der Waals surface area contributed by atoms with Crippen molar-refractivity contribution in [3.05, 3.63) is 64.5 Å². The molecule has 0 aliphatic rings. The predicted molar refractivity (Wildman–Crippen MR) is 88.4 cm³/mol. The number of nitro groups is 1. The van der Waals surface area contributed by atoms with E-state index in [2.05, 4.69) is 10.2 Å². The fraction of sp³-hybridized carbons (Fsp3) is 0.176. The van der Waals surface area contributed by atoms with Gasteiger partial charge in [-0.3, -0.25) is 10.1 Å². The molecule has 0 saturated carbocycles. The van der Waals surface area contributed by atoms with Crippen molar-refractivity contribution in [1.29, 1.82) is 0 Å². The molecule has 2 aromatic carbocycles. The molecule has 0 amide bonds. The second kappa shape index (κ2) is 7.00. The Labute approximate surface area is 143 Å². The summed E-state index contributed by atoms with van der Waals surface area (Å²) in [6.45, 7) is 1.71. The van der Waals surface area contributed by atoms with Gasteiger partial charge in [0.2, 0.25) is 5.89 Å². The number of rotatable bonds is 6. The van der Waals surface area contributed by atoms with Crippen LogP contribution in [0.15, 0.2) is 52.9 Å². The molecule has 1 aromatic heterocycles. The molecule has 25 heavy (non-hydrogen) atoms. The lowest BCUT2D eigenvalue weighted by Gasteiger charge is -2.13. The Morgan fingerprint density at radius 3 is 2.56 bits per heavy atom. The monoisotopic (exact) mass is 341 g/mol. The zero-order chi connectivity index (χ0) is 17.8. The van der Waals surface area contributed by atoms with Crippen LogP contribution in [0.5, 0.6) is 11.5 Å². The highest BCUT2D eigenvalue weighted by molar-refractivity contribution is 5.52. The molecule has 8 nitrogen and oxygen atoms in total. The first kappa shape index (κ1) is 16.4. The normalized spacial score (nSPS) is 11.8. The molecular weight excluding hydrogens is 326 g/mol. The number of ether oxygens (including phenoxy) is 2. The molecular formula is C17H15N3O5. The van der Waals surface area contributed by atoms with E-state index in [1.54, 1.807) is 6.92 Å². The summed E-state index contributed by atoms with van der Waals surface area (Å²) in [6, 6.07) is 13.4. The highest BCUT2D eigenvalue weighted by atomic mass is 16.6. The smallest absolute Gasteiger partial charge is 0.273 e. The van der Waals surface area contributed by atoms with Crippen molar-refractivity contribution in [3.8, 4) is 23.0 Å². The van der Waals surface area contributed by atoms with Crippen LogP contribution in [0.1, 0.15) is 18.9 Å². The molecule has 0 N–H and O–H groups in total. The van der Waals surface area contributed by atoms with Gasteiger partial charge in [0.15, 0.2) is 17.6 Å². The summed E-state index contributed by atoms with van der Waals surface area (Å²) < 4.78 is 16.5. The van der Waals surface area contributed by atoms with Crippen molar-refractivity contribution in [2.24, 2.45) is 0 Å². The maximum absolute atomic E-state index is 10.9. The summed E-state index contributed by atoms with van der Waals surface area (Å²) in [7, 11) is 1.46. The van der Waals surface area contributed by atoms with E-state index in [-0.39, 0.29) is 17.3 Å². The van der Waals surface area contributed by atoms with Crippen molar-refractivity contribution in [2.45, 2.75) is 13.0 Å². The molecule has 0 bridgehead atoms. The molecule has 128 valence electrons. The van der Waals surface area contributed by atoms with Crippen molar-refractivity contribution >= 4 is 5.69 Å². The van der Waals surface area contributed by atoms with E-state index in [0.29, 0.717) is 11.6 Å². The predicted octanol–water partition coefficient (Wildman–Crippen LogP) is 3.79. The van der Waals surface area contributed by atoms with Gasteiger partial charge in [-0.2, -0.15) is 0 Å². The van der Waals surface area contributed by atoms with Gasteiger partial charge in [0.25, 0.3) is 11.6 Å². The van der Waals surface area contributed by atoms with Gasteiger partial charge in [0.1, 0.15) is 0 Å². The van der Waals surface area contributed by atoms with E-state index in [4.69, 9.17) is 13.9 Å². The minimum Gasteiger partial charge on any atom is -0.493 e. The van der Waals surface area contributed by atoms with Crippen LogP contribution >= 0.6 is 0 Å². The Morgan fingerprint density at radius 1 is 1.12 bits per heavy atom. The molecule has 1 atom stereocenters. The molecule has 0 unspecified atom stereocenters. The lowest BCUT2D eigenvalue weighted by molar-refractivity contribution is -0.385. The van der Waals surface area contributed by atoms with E-state index < -0.39 is 11.0 Å². The van der Waals surface area contributed by atoms with Gasteiger partial charge < -0.3 is 13.9 Å². The fourth-order valence-corrected chi connectivity index (χ4v) is 2.21. The number of hydrogen-bond acceptors (Lipinski definition) is 7. The lowest BCUT2D eigenvalue weighted by Crippen LogP contribution is -2.05. The van der Waals surface area contributed by atoms with Gasteiger partial charge in [0, 0.05) is 11.6 Å². The quantitative estimate of drug-likeness (QED) is 0.496. The third-order valence-corrected chi connectivity index (χ3v) is 3.47. The van der Waals surface area contributed by atoms with Crippen molar-refractivity contribution in [2.75, 3.05) is 7.11 Å². The van der Waals surface area contributed by atoms with Crippen molar-refractivity contribution in [1.82, 2.24) is 10.2 Å². The first-order valence-electron chi connectivity index (χ1n) is 7.46. The number of nitro benzene ring substituents is 1. The molecule has 3 rings (SSSR count). The van der Waals surface area contributed by atoms with Gasteiger partial charge in [-0.05, 0) is 25.1 Å². The number of nitrogens with zero attached hydrogens (tertiary/aromatic N) is 3. The first-order chi connectivity index (χ1) is 12.1. The third kappa shape index (κ3) is 3.57. The second-order valence-corrected chi connectivity index (χ2v) is 5.16. The Morgan fingerprint density at radius 2 is 1.88 bits per heavy atom. The van der Waals surface area contributed by atoms with Crippen LogP contribution in [0.3, 0.4) is 0 Å². The zero-order valence-corrected chi connectivity index (χ0v) is 13.6. The van der Waals surface area contributed by atoms with Crippen LogP contribution < -0.4 is 9.47 Å². The lowest BCUT2D eigenvalue weighted by atomic mass is 10.2. The van der Waals surface area contributed by atoms with Crippen molar-refractivity contribution in [3.63, 3.8) is 0 Å². The van der Waals surface area contributed by atoms with E-state index in [0.717, 1.165) is 5.56 Å². The van der Waals surface area contributed by atoms with Crippen LogP contribution in [0, 0.1) is 10.1 Å². The highest BCUT2D eigenvalue weighted by Gasteiger charge is 2.20. The molecule has 3 aromatic rings. The zero-order valence-electron chi connectivity index (χ0n) is 13.6. The van der Waals surface area contributed by atoms with Crippen molar-refractivity contribution < 1.29 is 18.8 Å². The Hall–Kier alpha value is -3.42. The standard InChI is InChI=1S/C17H15N3O5/c1-11(16-18-19-17(25-16)12-6-4-3-5-7-12)24-15-10-13(20(21)22)8-9-14(15)23-2/h3-11H,1-2H3/t11-/m0/s1. The maximum Gasteiger partial charge on any atom is 0.273 e. The van der Waals surface area contributed by atoms with E-state index in [9.17, 15) is 10.1 Å². The van der Waals surface area contributed by atoms with Gasteiger partial charge in [0.05, 0.1) is 18.1 Å². The molecule has 0 aliphatic heterocycles. The molecule has 0 spiro atoms. The van der Waals surface area contributed by atoms with E-state index >= 15 is 0 Å². The third-order valence-electron chi connectivity index (χ3n) is 3.47. The number of hydrogen-bond donors (Lipinski definition) is 0. The largest absolute Gasteiger partial charge is 0.493 e. The first-order valence-corrected chi connectivity index (χ1v) is 7.46. The highest BCUT2D eigenvalue weighted by Crippen LogP contribution is 2.34. The number of aromatic nitrogens is 2. The molecule has 0 fully saturated rings. The molecule has 0 aliphatic carbocycles. The molecule has 1 heterocycles. The maximum atomic E-state index is 10.9. The topological polar surface area (TPSA) is 101 Å². The summed E-state index contributed by atoms with van der Waals surface area (Å²) in [5, 5.41) is 18.9. The molecule has 0 saturated heterocycles. The fourth-order valence-electron chi connectivity index (χ4n) is 2.21. The van der Waals surface area contributed by atoms with Gasteiger partial charge in [-0.1, -0.05) is 18.2 Å². The summed E-state index contributed by atoms with van der Waals surface area (Å²) in [6.07, 6.45) is -0.610. The van der Waals surface area contributed by atoms with Crippen LogP contribution in [-0.4, -0.2) is 22.2 Å². The summed E-state index contributed by atoms with van der Waals surface area (Å²) in [4.78, 5) is 10.4. The SMILES string of the molecule is COc1ccc([N+](=O)[O-])cc1O[C@@H](C)c1nnc(-c2ccccc2)o1. The Bertz CT molecular complexity index is 879. The van der Waals surface area contributed by atoms with Crippen LogP contribution in [0.25, 0.3) is 11.5 Å². The summed E-state index contributed by atoms with van der Waals surface area (Å²) in [5.41, 5.74) is 0.694. The van der Waals surface area contributed by atoms with E-state index in [1.807, 2.05) is 30.3 Å². The number of methoxy groups -OCH3 is 1. The minimum absolute atomic E-state index is 0.0986. The minimum atomic E-state index is -0.610. The van der Waals surface area contributed by atoms with Crippen LogP contribution in [-0.2, 0) is 0 Å². The summed E-state index contributed by atoms with van der Waals surface area (Å²) >= 11 is 0. The van der Waals surface area contributed by atoms with Gasteiger partial charge in [-0.25, -0.2) is 0 Å². The van der Waals surface area contributed by atoms with Crippen LogP contribution in [0.2, 0.25) is 0 Å². The second-order valence-electron chi connectivity index (χ2n) is 5.16. The van der Waals surface area contributed by atoms with Gasteiger partial charge in [-0.15, -0.1) is 10.2 Å². The van der Waals surface area contributed by atoms with Crippen LogP contribution in [0.4, 0.5) is 5.69 Å². The van der Waals surface area contributed by atoms with Gasteiger partial charge >= 0.3 is 0 Å². The number of non-ortho nitro benzene ring substituents is 1. The Balaban J connectivity index is 1.83. The average Bonchev–Trinajstić information content (AvgIpc) is 3.12. The molecule has 8 heteroatoms. The molecule has 0 radical (unpaired) electrons.